The van der Waals surface area contributed by atoms with Gasteiger partial charge in [-0.3, -0.25) is 14.4 Å². The van der Waals surface area contributed by atoms with Gasteiger partial charge >= 0.3 is 0 Å². The molecule has 3 N–H and O–H groups in total. The number of nitrogens with zero attached hydrogens (tertiary/aromatic N) is 6. The maximum atomic E-state index is 13.8. The van der Waals surface area contributed by atoms with Gasteiger partial charge in [-0.1, -0.05) is 6.07 Å². The predicted molar refractivity (Wildman–Crippen MR) is 145 cm³/mol. The Hall–Kier alpha value is -4.20. The van der Waals surface area contributed by atoms with Crippen LogP contribution in [0.2, 0.25) is 0 Å². The van der Waals surface area contributed by atoms with Crippen molar-refractivity contribution in [2.24, 2.45) is 0 Å². The monoisotopic (exact) mass is 552 g/mol. The van der Waals surface area contributed by atoms with Gasteiger partial charge in [-0.05, 0) is 31.3 Å². The van der Waals surface area contributed by atoms with E-state index in [2.05, 4.69) is 42.5 Å². The standard InChI is InChI=1S/C27H30F2N8O3/c1-35-7-8-36(19(14-35)16-38)9-10-40-20-5-6-21-24(11-20)30-17-31-27(21)33-18-12-32-37(13-18)15-25(39)34-23-4-2-3-22(28)26(23)29/h2-6,11-13,17,19,38H,7-10,14-16H2,1H3,(H,34,39)(H,30,31,33). The SMILES string of the molecule is CN1CCN(CCOc2ccc3c(Nc4cnn(CC(=O)Nc5cccc(F)c5F)c4)ncnc3c2)C(CO)C1. The molecule has 13 heteroatoms. The number of aliphatic hydroxyl groups is 1. The smallest absolute Gasteiger partial charge is 0.246 e. The van der Waals surface area contributed by atoms with Crippen molar-refractivity contribution in [1.82, 2.24) is 29.5 Å². The van der Waals surface area contributed by atoms with Crippen LogP contribution in [-0.4, -0.2) is 93.0 Å². The van der Waals surface area contributed by atoms with Crippen molar-refractivity contribution in [3.63, 3.8) is 0 Å². The average Bonchev–Trinajstić information content (AvgIpc) is 3.38. The number of likely N-dealkylation sites (N-methyl/N-ethyl adjacent to an activating group) is 1. The third-order valence-corrected chi connectivity index (χ3v) is 6.70. The number of amides is 1. The molecule has 3 heterocycles. The van der Waals surface area contributed by atoms with Crippen molar-refractivity contribution in [2.75, 3.05) is 57.1 Å². The zero-order valence-electron chi connectivity index (χ0n) is 21.9. The number of rotatable bonds is 10. The molecule has 1 saturated heterocycles. The van der Waals surface area contributed by atoms with Gasteiger partial charge in [0.15, 0.2) is 11.6 Å². The Morgan fingerprint density at radius 1 is 1.20 bits per heavy atom. The van der Waals surface area contributed by atoms with Crippen LogP contribution in [0.25, 0.3) is 10.9 Å². The molecule has 1 aliphatic heterocycles. The Morgan fingerprint density at radius 2 is 2.08 bits per heavy atom. The minimum atomic E-state index is -1.12. The summed E-state index contributed by atoms with van der Waals surface area (Å²) in [4.78, 5) is 25.5. The van der Waals surface area contributed by atoms with E-state index in [1.807, 2.05) is 18.2 Å². The topological polar surface area (TPSA) is 121 Å². The molecule has 5 rings (SSSR count). The number of ether oxygens (including phenoxy) is 1. The number of carbonyl (C=O) groups excluding carboxylic acids is 1. The van der Waals surface area contributed by atoms with Crippen LogP contribution in [0.5, 0.6) is 5.75 Å². The summed E-state index contributed by atoms with van der Waals surface area (Å²) in [5.74, 6) is -1.49. The maximum Gasteiger partial charge on any atom is 0.246 e. The molecule has 0 spiro atoms. The molecule has 1 fully saturated rings. The first-order valence-electron chi connectivity index (χ1n) is 12.8. The van der Waals surface area contributed by atoms with E-state index in [0.29, 0.717) is 35.9 Å². The third-order valence-electron chi connectivity index (χ3n) is 6.70. The van der Waals surface area contributed by atoms with Crippen molar-refractivity contribution < 1.29 is 23.4 Å². The van der Waals surface area contributed by atoms with Gasteiger partial charge in [0.25, 0.3) is 0 Å². The molecule has 0 aliphatic carbocycles. The number of piperazine rings is 1. The van der Waals surface area contributed by atoms with E-state index >= 15 is 0 Å². The van der Waals surface area contributed by atoms with E-state index in [1.165, 1.54) is 29.3 Å². The Labute approximate surface area is 229 Å². The first kappa shape index (κ1) is 27.4. The lowest BCUT2D eigenvalue weighted by atomic mass is 10.2. The van der Waals surface area contributed by atoms with Crippen molar-refractivity contribution in [1.29, 1.82) is 0 Å². The molecule has 0 saturated carbocycles. The lowest BCUT2D eigenvalue weighted by Gasteiger charge is -2.38. The Morgan fingerprint density at radius 3 is 2.92 bits per heavy atom. The lowest BCUT2D eigenvalue weighted by Crippen LogP contribution is -2.54. The van der Waals surface area contributed by atoms with Gasteiger partial charge in [-0.15, -0.1) is 0 Å². The Kier molecular flexibility index (Phi) is 8.43. The minimum absolute atomic E-state index is 0.107. The second-order valence-electron chi connectivity index (χ2n) is 9.59. The van der Waals surface area contributed by atoms with Crippen LogP contribution in [0, 0.1) is 11.6 Å². The summed E-state index contributed by atoms with van der Waals surface area (Å²) in [6.07, 6.45) is 4.57. The zero-order valence-corrected chi connectivity index (χ0v) is 21.9. The molecule has 0 bridgehead atoms. The number of benzene rings is 2. The molecular formula is C27H30F2N8O3. The molecule has 2 aromatic heterocycles. The Bertz CT molecular complexity index is 1480. The van der Waals surface area contributed by atoms with Crippen molar-refractivity contribution in [3.05, 3.63) is 66.8 Å². The van der Waals surface area contributed by atoms with Gasteiger partial charge in [-0.25, -0.2) is 18.7 Å². The lowest BCUT2D eigenvalue weighted by molar-refractivity contribution is -0.116. The van der Waals surface area contributed by atoms with Crippen LogP contribution in [0.1, 0.15) is 0 Å². The number of carbonyl (C=O) groups is 1. The molecule has 1 amide bonds. The van der Waals surface area contributed by atoms with Crippen LogP contribution < -0.4 is 15.4 Å². The quantitative estimate of drug-likeness (QED) is 0.273. The molecule has 4 aromatic rings. The molecule has 11 nitrogen and oxygen atoms in total. The molecule has 1 atom stereocenters. The highest BCUT2D eigenvalue weighted by atomic mass is 19.2. The van der Waals surface area contributed by atoms with Crippen molar-refractivity contribution in [2.45, 2.75) is 12.6 Å². The fourth-order valence-corrected chi connectivity index (χ4v) is 4.61. The van der Waals surface area contributed by atoms with Crippen LogP contribution in [0.3, 0.4) is 0 Å². The van der Waals surface area contributed by atoms with Crippen LogP contribution in [-0.2, 0) is 11.3 Å². The normalized spacial score (nSPS) is 16.2. The van der Waals surface area contributed by atoms with Crippen molar-refractivity contribution in [3.8, 4) is 5.75 Å². The number of hydrogen-bond donors (Lipinski definition) is 3. The summed E-state index contributed by atoms with van der Waals surface area (Å²) >= 11 is 0. The van der Waals surface area contributed by atoms with Crippen LogP contribution in [0.15, 0.2) is 55.1 Å². The summed E-state index contributed by atoms with van der Waals surface area (Å²) in [6.45, 7) is 3.80. The van der Waals surface area contributed by atoms with Gasteiger partial charge in [0.2, 0.25) is 5.91 Å². The average molecular weight is 553 g/mol. The van der Waals surface area contributed by atoms with Gasteiger partial charge in [0.05, 0.1) is 29.7 Å². The number of halogens is 2. The van der Waals surface area contributed by atoms with Gasteiger partial charge in [0, 0.05) is 49.9 Å². The highest BCUT2D eigenvalue weighted by molar-refractivity contribution is 5.92. The van der Waals surface area contributed by atoms with E-state index < -0.39 is 17.5 Å². The fourth-order valence-electron chi connectivity index (χ4n) is 4.61. The summed E-state index contributed by atoms with van der Waals surface area (Å²) in [5.41, 5.74) is 1.03. The fraction of sp³-hybridized carbons (Fsp3) is 0.333. The minimum Gasteiger partial charge on any atom is -0.492 e. The van der Waals surface area contributed by atoms with Gasteiger partial charge < -0.3 is 25.4 Å². The molecular weight excluding hydrogens is 522 g/mol. The number of fused-ring (bicyclic) bond motifs is 1. The molecule has 210 valence electrons. The zero-order chi connectivity index (χ0) is 28.1. The summed E-state index contributed by atoms with van der Waals surface area (Å²) in [6, 6.07) is 9.24. The third kappa shape index (κ3) is 6.50. The van der Waals surface area contributed by atoms with Gasteiger partial charge in [0.1, 0.15) is 31.0 Å². The highest BCUT2D eigenvalue weighted by Gasteiger charge is 2.24. The number of hydrogen-bond acceptors (Lipinski definition) is 9. The van der Waals surface area contributed by atoms with E-state index in [4.69, 9.17) is 4.74 Å². The summed E-state index contributed by atoms with van der Waals surface area (Å²) < 4.78 is 34.6. The molecule has 40 heavy (non-hydrogen) atoms. The van der Waals surface area contributed by atoms with E-state index in [1.54, 1.807) is 6.20 Å². The number of aromatic nitrogens is 4. The second kappa shape index (κ2) is 12.3. The van der Waals surface area contributed by atoms with E-state index in [-0.39, 0.29) is 24.9 Å². The molecule has 2 aromatic carbocycles. The largest absolute Gasteiger partial charge is 0.492 e. The summed E-state index contributed by atoms with van der Waals surface area (Å²) in [7, 11) is 2.06. The molecule has 0 radical (unpaired) electrons. The number of aliphatic hydroxyl groups excluding tert-OH is 1. The van der Waals surface area contributed by atoms with Crippen LogP contribution >= 0.6 is 0 Å². The first-order valence-corrected chi connectivity index (χ1v) is 12.8. The Balaban J connectivity index is 1.18. The van der Waals surface area contributed by atoms with E-state index in [0.717, 1.165) is 31.1 Å². The van der Waals surface area contributed by atoms with Gasteiger partial charge in [-0.2, -0.15) is 5.10 Å². The van der Waals surface area contributed by atoms with E-state index in [9.17, 15) is 18.7 Å². The number of anilines is 3. The predicted octanol–water partition coefficient (Wildman–Crippen LogP) is 2.47. The first-order chi connectivity index (χ1) is 19.4. The maximum absolute atomic E-state index is 13.8. The second-order valence-corrected chi connectivity index (χ2v) is 9.59. The highest BCUT2D eigenvalue weighted by Crippen LogP contribution is 2.26. The van der Waals surface area contributed by atoms with Crippen LogP contribution in [0.4, 0.5) is 26.0 Å². The number of nitrogens with one attached hydrogen (secondary N) is 2. The molecule has 1 unspecified atom stereocenters. The van der Waals surface area contributed by atoms with Crippen molar-refractivity contribution >= 4 is 34.0 Å². The summed E-state index contributed by atoms with van der Waals surface area (Å²) in [5, 5.41) is 20.1. The molecule has 1 aliphatic rings.